The lowest BCUT2D eigenvalue weighted by Crippen LogP contribution is -2.43. The van der Waals surface area contributed by atoms with Gasteiger partial charge >= 0.3 is 0 Å². The van der Waals surface area contributed by atoms with Crippen LogP contribution in [0, 0.1) is 6.92 Å². The van der Waals surface area contributed by atoms with E-state index in [1.54, 1.807) is 0 Å². The van der Waals surface area contributed by atoms with E-state index < -0.39 is 12.0 Å². The molecule has 3 heterocycles. The number of nitrogens with zero attached hydrogens (tertiary/aromatic N) is 5. The van der Waals surface area contributed by atoms with Gasteiger partial charge in [-0.3, -0.25) is 9.36 Å². The number of hydrogen-bond acceptors (Lipinski definition) is 9. The van der Waals surface area contributed by atoms with E-state index in [0.717, 1.165) is 91.3 Å². The van der Waals surface area contributed by atoms with Gasteiger partial charge in [0.05, 0.1) is 24.0 Å². The van der Waals surface area contributed by atoms with E-state index in [1.807, 2.05) is 40.3 Å². The number of aliphatic hydroxyl groups is 2. The van der Waals surface area contributed by atoms with Gasteiger partial charge in [0.2, 0.25) is 5.78 Å². The van der Waals surface area contributed by atoms with Crippen molar-refractivity contribution in [3.05, 3.63) is 87.1 Å². The van der Waals surface area contributed by atoms with Crippen molar-refractivity contribution in [1.82, 2.24) is 24.6 Å². The molecule has 11 heteroatoms. The first kappa shape index (κ1) is 30.7. The number of nitrogens with one attached hydrogen (secondary N) is 1. The number of aromatic nitrogens is 4. The number of fused-ring (bicyclic) bond motifs is 1. The van der Waals surface area contributed by atoms with Crippen molar-refractivity contribution in [2.75, 3.05) is 6.61 Å². The van der Waals surface area contributed by atoms with E-state index in [4.69, 9.17) is 19.7 Å². The standard InChI is InChI=1S/C35H42N6O5/c1-3-7-30-29(20-23-10-12-24(13-11-23)27-8-4-5-9-28(27)31-37-34(43)46-39-31)32(42)40(33-36-22(2)38-41(30)33)25-14-16-26(17-15-25)45-21-35(44)18-6-19-35/h4-5,8-13,25-26,34,43-44H,3,6-7,14-21H2,1-2H3,(H,37,39). The minimum atomic E-state index is -1.23. The van der Waals surface area contributed by atoms with Crippen LogP contribution >= 0.6 is 0 Å². The molecule has 46 heavy (non-hydrogen) atoms. The average molecular weight is 627 g/mol. The molecule has 0 spiro atoms. The Morgan fingerprint density at radius 2 is 1.80 bits per heavy atom. The summed E-state index contributed by atoms with van der Waals surface area (Å²) in [7, 11) is 0. The summed E-state index contributed by atoms with van der Waals surface area (Å²) in [5, 5.41) is 25.0. The summed E-state index contributed by atoms with van der Waals surface area (Å²) in [5.74, 6) is 1.74. The first-order valence-electron chi connectivity index (χ1n) is 16.5. The van der Waals surface area contributed by atoms with Crippen molar-refractivity contribution in [1.29, 1.82) is 0 Å². The van der Waals surface area contributed by atoms with Gasteiger partial charge in [-0.2, -0.15) is 10.1 Å². The molecule has 3 aliphatic rings. The zero-order valence-corrected chi connectivity index (χ0v) is 26.5. The van der Waals surface area contributed by atoms with Crippen LogP contribution in [0.3, 0.4) is 0 Å². The molecule has 4 aromatic rings. The van der Waals surface area contributed by atoms with Gasteiger partial charge in [-0.05, 0) is 75.0 Å². The number of amidine groups is 1. The third kappa shape index (κ3) is 6.00. The molecule has 0 radical (unpaired) electrons. The van der Waals surface area contributed by atoms with Crippen molar-refractivity contribution in [2.24, 2.45) is 4.99 Å². The Bertz CT molecular complexity index is 1800. The smallest absolute Gasteiger partial charge is 0.280 e. The summed E-state index contributed by atoms with van der Waals surface area (Å²) in [4.78, 5) is 28.3. The van der Waals surface area contributed by atoms with Crippen molar-refractivity contribution in [3.63, 3.8) is 0 Å². The molecule has 2 aromatic carbocycles. The highest BCUT2D eigenvalue weighted by Gasteiger charge is 2.36. The van der Waals surface area contributed by atoms with Gasteiger partial charge in [0.15, 0.2) is 5.84 Å². The molecule has 2 fully saturated rings. The highest BCUT2D eigenvalue weighted by molar-refractivity contribution is 6.04. The van der Waals surface area contributed by atoms with Crippen LogP contribution in [0.4, 0.5) is 0 Å². The molecule has 11 nitrogen and oxygen atoms in total. The number of aliphatic hydroxyl groups excluding tert-OH is 1. The summed E-state index contributed by atoms with van der Waals surface area (Å²) < 4.78 is 9.93. The van der Waals surface area contributed by atoms with Crippen molar-refractivity contribution < 1.29 is 19.8 Å². The second-order valence-electron chi connectivity index (χ2n) is 13.0. The predicted molar refractivity (Wildman–Crippen MR) is 173 cm³/mol. The summed E-state index contributed by atoms with van der Waals surface area (Å²) in [6.45, 7) is 4.40. The molecule has 1 unspecified atom stereocenters. The molecular formula is C35H42N6O5. The van der Waals surface area contributed by atoms with Crippen LogP contribution in [0.1, 0.15) is 92.5 Å². The summed E-state index contributed by atoms with van der Waals surface area (Å²) >= 11 is 0. The van der Waals surface area contributed by atoms with Crippen molar-refractivity contribution in [2.45, 2.75) is 102 Å². The lowest BCUT2D eigenvalue weighted by molar-refractivity contribution is -0.120. The minimum Gasteiger partial charge on any atom is -0.387 e. The van der Waals surface area contributed by atoms with Gasteiger partial charge in [-0.25, -0.2) is 19.8 Å². The van der Waals surface area contributed by atoms with Crippen LogP contribution < -0.4 is 11.0 Å². The fourth-order valence-corrected chi connectivity index (χ4v) is 7.04. The summed E-state index contributed by atoms with van der Waals surface area (Å²) in [6.07, 6.45) is 6.97. The van der Waals surface area contributed by atoms with E-state index in [2.05, 4.69) is 41.7 Å². The molecular weight excluding hydrogens is 584 g/mol. The summed E-state index contributed by atoms with van der Waals surface area (Å²) in [6, 6.07) is 16.1. The zero-order chi connectivity index (χ0) is 31.8. The lowest BCUT2D eigenvalue weighted by Gasteiger charge is -2.38. The highest BCUT2D eigenvalue weighted by atomic mass is 16.7. The maximum atomic E-state index is 14.4. The average Bonchev–Trinajstić information content (AvgIpc) is 3.66. The molecule has 0 bridgehead atoms. The van der Waals surface area contributed by atoms with Gasteiger partial charge in [0.25, 0.3) is 12.0 Å². The van der Waals surface area contributed by atoms with E-state index in [1.165, 1.54) is 0 Å². The second-order valence-corrected chi connectivity index (χ2v) is 13.0. The highest BCUT2D eigenvalue weighted by Crippen LogP contribution is 2.35. The third-order valence-corrected chi connectivity index (χ3v) is 9.69. The molecule has 2 saturated carbocycles. The molecule has 0 amide bonds. The second kappa shape index (κ2) is 12.7. The molecule has 0 saturated heterocycles. The van der Waals surface area contributed by atoms with Crippen LogP contribution in [0.25, 0.3) is 16.9 Å². The van der Waals surface area contributed by atoms with E-state index in [-0.39, 0.29) is 17.7 Å². The lowest BCUT2D eigenvalue weighted by atomic mass is 9.81. The van der Waals surface area contributed by atoms with Crippen molar-refractivity contribution >= 4 is 11.6 Å². The number of aliphatic imine (C=N–C) groups is 1. The number of aryl methyl sites for hydroxylation is 2. The van der Waals surface area contributed by atoms with Crippen LogP contribution in [0.15, 0.2) is 58.3 Å². The Hall–Kier alpha value is -3.90. The summed E-state index contributed by atoms with van der Waals surface area (Å²) in [5.41, 5.74) is 7.53. The maximum Gasteiger partial charge on any atom is 0.280 e. The zero-order valence-electron chi connectivity index (χ0n) is 26.5. The number of ether oxygens (including phenoxy) is 1. The Morgan fingerprint density at radius 1 is 1.07 bits per heavy atom. The topological polar surface area (TPSA) is 136 Å². The first-order chi connectivity index (χ1) is 22.3. The van der Waals surface area contributed by atoms with Crippen LogP contribution in [0.5, 0.6) is 0 Å². The Kier molecular flexibility index (Phi) is 8.50. The Balaban J connectivity index is 1.17. The van der Waals surface area contributed by atoms with Crippen LogP contribution in [-0.4, -0.2) is 59.9 Å². The number of hydrogen-bond donors (Lipinski definition) is 3. The molecule has 1 aliphatic heterocycles. The normalized spacial score (nSPS) is 22.4. The largest absolute Gasteiger partial charge is 0.387 e. The fourth-order valence-electron chi connectivity index (χ4n) is 7.04. The fraction of sp³-hybridized carbons (Fsp3) is 0.486. The number of benzene rings is 2. The van der Waals surface area contributed by atoms with Gasteiger partial charge in [-0.15, -0.1) is 0 Å². The van der Waals surface area contributed by atoms with Crippen LogP contribution in [-0.2, 0) is 22.4 Å². The Morgan fingerprint density at radius 3 is 2.46 bits per heavy atom. The monoisotopic (exact) mass is 626 g/mol. The van der Waals surface area contributed by atoms with Crippen LogP contribution in [0.2, 0.25) is 0 Å². The predicted octanol–water partition coefficient (Wildman–Crippen LogP) is 4.38. The van der Waals surface area contributed by atoms with Gasteiger partial charge in [0, 0.05) is 23.6 Å². The third-order valence-electron chi connectivity index (χ3n) is 9.69. The first-order valence-corrected chi connectivity index (χ1v) is 16.5. The SMILES string of the molecule is CCCc1c(Cc2ccc(-c3ccccc3C3=NC(O)ON3)cc2)c(=O)n(C2CCC(OCC3(O)CCC3)CC2)c2nc(C)nn12. The molecule has 2 aromatic heterocycles. The van der Waals surface area contributed by atoms with Gasteiger partial charge < -0.3 is 14.9 Å². The van der Waals surface area contributed by atoms with E-state index in [0.29, 0.717) is 30.5 Å². The number of rotatable bonds is 10. The molecule has 2 aliphatic carbocycles. The minimum absolute atomic E-state index is 0.00755. The van der Waals surface area contributed by atoms with E-state index >= 15 is 0 Å². The van der Waals surface area contributed by atoms with E-state index in [9.17, 15) is 15.0 Å². The molecule has 1 atom stereocenters. The molecule has 7 rings (SSSR count). The van der Waals surface area contributed by atoms with Gasteiger partial charge in [0.1, 0.15) is 5.82 Å². The molecule has 242 valence electrons. The van der Waals surface area contributed by atoms with Crippen molar-refractivity contribution in [3.8, 4) is 11.1 Å². The Labute approximate surface area is 267 Å². The maximum absolute atomic E-state index is 14.4. The van der Waals surface area contributed by atoms with Gasteiger partial charge in [-0.1, -0.05) is 61.9 Å². The quantitative estimate of drug-likeness (QED) is 0.236. The number of hydroxylamine groups is 1. The molecule has 3 N–H and O–H groups in total.